The molecule has 1 aliphatic heterocycles. The fraction of sp³-hybridized carbons (Fsp3) is 0.368. The maximum absolute atomic E-state index is 13.2. The van der Waals surface area contributed by atoms with Gasteiger partial charge >= 0.3 is 0 Å². The number of carbonyl (C=O) groups is 2. The first-order valence-corrected chi connectivity index (χ1v) is 8.53. The molecule has 136 valence electrons. The summed E-state index contributed by atoms with van der Waals surface area (Å²) in [5, 5.41) is 10.8. The predicted molar refractivity (Wildman–Crippen MR) is 96.4 cm³/mol. The Morgan fingerprint density at radius 1 is 1.31 bits per heavy atom. The van der Waals surface area contributed by atoms with Crippen LogP contribution in [0.4, 0.5) is 0 Å². The predicted octanol–water partition coefficient (Wildman–Crippen LogP) is 1.51. The molecule has 3 rings (SSSR count). The van der Waals surface area contributed by atoms with Gasteiger partial charge in [0, 0.05) is 26.3 Å². The molecule has 1 atom stereocenters. The number of nitrogens with zero attached hydrogens (tertiary/aromatic N) is 3. The molecule has 1 unspecified atom stereocenters. The van der Waals surface area contributed by atoms with Gasteiger partial charge in [-0.3, -0.25) is 9.59 Å². The molecule has 0 radical (unpaired) electrons. The largest absolute Gasteiger partial charge is 0.382 e. The number of carbonyl (C=O) groups excluding carboxylic acids is 2. The Morgan fingerprint density at radius 3 is 2.77 bits per heavy atom. The molecule has 0 aliphatic carbocycles. The number of rotatable bonds is 5. The van der Waals surface area contributed by atoms with E-state index in [0.29, 0.717) is 24.2 Å². The Balaban J connectivity index is 1.94. The highest BCUT2D eigenvalue weighted by molar-refractivity contribution is 6.00. The van der Waals surface area contributed by atoms with Gasteiger partial charge in [0.15, 0.2) is 0 Å². The van der Waals surface area contributed by atoms with Crippen LogP contribution in [0.2, 0.25) is 0 Å². The van der Waals surface area contributed by atoms with Crippen LogP contribution in [0.3, 0.4) is 0 Å². The van der Waals surface area contributed by atoms with E-state index in [2.05, 4.69) is 15.5 Å². The third-order valence-electron chi connectivity index (χ3n) is 4.74. The van der Waals surface area contributed by atoms with Crippen molar-refractivity contribution in [3.8, 4) is 11.3 Å². The Bertz CT molecular complexity index is 796. The molecule has 0 bridgehead atoms. The lowest BCUT2D eigenvalue weighted by atomic mass is 9.95. The number of likely N-dealkylation sites (tertiary alicyclic amines) is 1. The highest BCUT2D eigenvalue weighted by atomic mass is 16.5. The second-order valence-corrected chi connectivity index (χ2v) is 6.30. The monoisotopic (exact) mass is 354 g/mol. The van der Waals surface area contributed by atoms with Gasteiger partial charge in [-0.1, -0.05) is 30.3 Å². The standard InChI is InChI=1S/C19H22N4O3/c1-20-18(25)19(13-26-2)9-6-10-23(19)17(24)15-11-16(22-21-12-15)14-7-4-3-5-8-14/h3-5,7-8,11-12H,6,9-10,13H2,1-2H3,(H,20,25). The zero-order chi connectivity index (χ0) is 18.6. The van der Waals surface area contributed by atoms with Crippen molar-refractivity contribution in [2.24, 2.45) is 0 Å². The molecule has 0 spiro atoms. The Labute approximate surface area is 152 Å². The normalized spacial score (nSPS) is 19.4. The molecule has 2 aromatic rings. The summed E-state index contributed by atoms with van der Waals surface area (Å²) < 4.78 is 5.28. The third kappa shape index (κ3) is 3.17. The summed E-state index contributed by atoms with van der Waals surface area (Å²) in [4.78, 5) is 27.3. The smallest absolute Gasteiger partial charge is 0.256 e. The summed E-state index contributed by atoms with van der Waals surface area (Å²) in [6, 6.07) is 11.3. The van der Waals surface area contributed by atoms with Gasteiger partial charge in [0.25, 0.3) is 5.91 Å². The number of benzene rings is 1. The molecule has 7 nitrogen and oxygen atoms in total. The minimum Gasteiger partial charge on any atom is -0.382 e. The summed E-state index contributed by atoms with van der Waals surface area (Å²) in [7, 11) is 3.11. The Morgan fingerprint density at radius 2 is 2.08 bits per heavy atom. The second kappa shape index (κ2) is 7.61. The van der Waals surface area contributed by atoms with Crippen LogP contribution in [0.25, 0.3) is 11.3 Å². The summed E-state index contributed by atoms with van der Waals surface area (Å²) in [5.41, 5.74) is 0.917. The first-order chi connectivity index (χ1) is 12.6. The maximum Gasteiger partial charge on any atom is 0.256 e. The van der Waals surface area contributed by atoms with Gasteiger partial charge in [-0.15, -0.1) is 0 Å². The molecule has 1 aliphatic rings. The molecule has 1 saturated heterocycles. The number of amides is 2. The van der Waals surface area contributed by atoms with E-state index >= 15 is 0 Å². The van der Waals surface area contributed by atoms with Crippen LogP contribution in [-0.4, -0.2) is 59.8 Å². The number of methoxy groups -OCH3 is 1. The molecule has 26 heavy (non-hydrogen) atoms. The van der Waals surface area contributed by atoms with E-state index in [1.165, 1.54) is 13.3 Å². The van der Waals surface area contributed by atoms with Crippen molar-refractivity contribution in [1.29, 1.82) is 0 Å². The van der Waals surface area contributed by atoms with Gasteiger partial charge in [-0.05, 0) is 18.9 Å². The molecule has 0 saturated carbocycles. The van der Waals surface area contributed by atoms with Gasteiger partial charge in [-0.2, -0.15) is 10.2 Å². The summed E-state index contributed by atoms with van der Waals surface area (Å²) in [6.45, 7) is 0.654. The quantitative estimate of drug-likeness (QED) is 0.880. The van der Waals surface area contributed by atoms with Crippen LogP contribution in [0.5, 0.6) is 0 Å². The number of likely N-dealkylation sites (N-methyl/N-ethyl adjacent to an activating group) is 1. The SMILES string of the molecule is CNC(=O)C1(COC)CCCN1C(=O)c1cnnc(-c2ccccc2)c1. The molecule has 1 aromatic heterocycles. The van der Waals surface area contributed by atoms with Crippen LogP contribution >= 0.6 is 0 Å². The van der Waals surface area contributed by atoms with Gasteiger partial charge in [0.2, 0.25) is 5.91 Å². The molecule has 2 heterocycles. The molecule has 1 fully saturated rings. The lowest BCUT2D eigenvalue weighted by Crippen LogP contribution is -2.59. The summed E-state index contributed by atoms with van der Waals surface area (Å²) in [6.07, 6.45) is 2.75. The van der Waals surface area contributed by atoms with Crippen LogP contribution in [0.15, 0.2) is 42.6 Å². The number of hydrogen-bond donors (Lipinski definition) is 1. The van der Waals surface area contributed by atoms with Crippen molar-refractivity contribution in [1.82, 2.24) is 20.4 Å². The van der Waals surface area contributed by atoms with Gasteiger partial charge in [0.1, 0.15) is 5.54 Å². The van der Waals surface area contributed by atoms with Crippen molar-refractivity contribution >= 4 is 11.8 Å². The molecule has 1 aromatic carbocycles. The Kier molecular flexibility index (Phi) is 5.27. The third-order valence-corrected chi connectivity index (χ3v) is 4.74. The zero-order valence-corrected chi connectivity index (χ0v) is 14.9. The molecular formula is C19H22N4O3. The van der Waals surface area contributed by atoms with E-state index in [1.54, 1.807) is 18.0 Å². The van der Waals surface area contributed by atoms with E-state index in [-0.39, 0.29) is 18.4 Å². The highest BCUT2D eigenvalue weighted by Crippen LogP contribution is 2.32. The van der Waals surface area contributed by atoms with E-state index < -0.39 is 5.54 Å². The van der Waals surface area contributed by atoms with E-state index in [9.17, 15) is 9.59 Å². The highest BCUT2D eigenvalue weighted by Gasteiger charge is 2.49. The van der Waals surface area contributed by atoms with Gasteiger partial charge in [0.05, 0.1) is 24.1 Å². The van der Waals surface area contributed by atoms with Crippen LogP contribution < -0.4 is 5.32 Å². The molecular weight excluding hydrogens is 332 g/mol. The van der Waals surface area contributed by atoms with Crippen molar-refractivity contribution in [3.63, 3.8) is 0 Å². The average molecular weight is 354 g/mol. The fourth-order valence-electron chi connectivity index (χ4n) is 3.49. The first-order valence-electron chi connectivity index (χ1n) is 8.53. The van der Waals surface area contributed by atoms with Gasteiger partial charge < -0.3 is 15.0 Å². The number of nitrogens with one attached hydrogen (secondary N) is 1. The Hall–Kier alpha value is -2.80. The minimum absolute atomic E-state index is 0.155. The minimum atomic E-state index is -0.989. The second-order valence-electron chi connectivity index (χ2n) is 6.30. The van der Waals surface area contributed by atoms with Crippen molar-refractivity contribution in [2.45, 2.75) is 18.4 Å². The number of ether oxygens (including phenoxy) is 1. The summed E-state index contributed by atoms with van der Waals surface area (Å²) in [5.74, 6) is -0.453. The lowest BCUT2D eigenvalue weighted by molar-refractivity contribution is -0.133. The van der Waals surface area contributed by atoms with Crippen molar-refractivity contribution in [3.05, 3.63) is 48.2 Å². The fourth-order valence-corrected chi connectivity index (χ4v) is 3.49. The number of hydrogen-bond acceptors (Lipinski definition) is 5. The van der Waals surface area contributed by atoms with E-state index in [4.69, 9.17) is 4.74 Å². The maximum atomic E-state index is 13.2. The van der Waals surface area contributed by atoms with Crippen LogP contribution in [0, 0.1) is 0 Å². The van der Waals surface area contributed by atoms with Gasteiger partial charge in [-0.25, -0.2) is 0 Å². The van der Waals surface area contributed by atoms with E-state index in [1.807, 2.05) is 30.3 Å². The van der Waals surface area contributed by atoms with Crippen molar-refractivity contribution in [2.75, 3.05) is 27.3 Å². The lowest BCUT2D eigenvalue weighted by Gasteiger charge is -2.36. The molecule has 1 N–H and O–H groups in total. The van der Waals surface area contributed by atoms with Crippen LogP contribution in [-0.2, 0) is 9.53 Å². The average Bonchev–Trinajstić information content (AvgIpc) is 3.12. The molecule has 2 amide bonds. The summed E-state index contributed by atoms with van der Waals surface area (Å²) >= 11 is 0. The topological polar surface area (TPSA) is 84.4 Å². The zero-order valence-electron chi connectivity index (χ0n) is 14.9. The van der Waals surface area contributed by atoms with Crippen molar-refractivity contribution < 1.29 is 14.3 Å². The first kappa shape index (κ1) is 18.0. The van der Waals surface area contributed by atoms with Crippen LogP contribution in [0.1, 0.15) is 23.2 Å². The number of aromatic nitrogens is 2. The van der Waals surface area contributed by atoms with E-state index in [0.717, 1.165) is 12.0 Å². The molecule has 7 heteroatoms.